The molecule has 2 N–H and O–H groups in total. The van der Waals surface area contributed by atoms with E-state index in [2.05, 4.69) is 39.5 Å². The van der Waals surface area contributed by atoms with Gasteiger partial charge in [-0.3, -0.25) is 9.88 Å². The maximum atomic E-state index is 6.04. The van der Waals surface area contributed by atoms with Crippen molar-refractivity contribution < 1.29 is 0 Å². The summed E-state index contributed by atoms with van der Waals surface area (Å²) in [6.07, 6.45) is 6.23. The average Bonchev–Trinajstić information content (AvgIpc) is 3.12. The second-order valence-corrected chi connectivity index (χ2v) is 5.92. The van der Waals surface area contributed by atoms with Crippen molar-refractivity contribution in [1.82, 2.24) is 9.88 Å². The smallest absolute Gasteiger partial charge is 0.0569 e. The maximum Gasteiger partial charge on any atom is 0.0569 e. The fraction of sp³-hybridized carbons (Fsp3) is 0.400. The molecule has 0 aliphatic carbocycles. The molecule has 1 fully saturated rings. The van der Waals surface area contributed by atoms with Crippen LogP contribution < -0.4 is 5.73 Å². The van der Waals surface area contributed by atoms with Gasteiger partial charge >= 0.3 is 0 Å². The average molecular weight is 273 g/mol. The van der Waals surface area contributed by atoms with Gasteiger partial charge in [0.2, 0.25) is 0 Å². The second kappa shape index (κ2) is 5.82. The van der Waals surface area contributed by atoms with Crippen molar-refractivity contribution in [2.24, 2.45) is 5.73 Å². The van der Waals surface area contributed by atoms with E-state index in [-0.39, 0.29) is 0 Å². The summed E-state index contributed by atoms with van der Waals surface area (Å²) < 4.78 is 0. The van der Waals surface area contributed by atoms with E-state index >= 15 is 0 Å². The minimum atomic E-state index is 0.348. The summed E-state index contributed by atoms with van der Waals surface area (Å²) in [4.78, 5) is 8.05. The first kappa shape index (κ1) is 12.8. The van der Waals surface area contributed by atoms with E-state index in [4.69, 9.17) is 5.73 Å². The molecule has 100 valence electrons. The molecular formula is C15H19N3S. The van der Waals surface area contributed by atoms with Crippen molar-refractivity contribution in [3.8, 4) is 0 Å². The van der Waals surface area contributed by atoms with Crippen molar-refractivity contribution in [2.75, 3.05) is 13.1 Å². The van der Waals surface area contributed by atoms with Crippen LogP contribution in [0.25, 0.3) is 0 Å². The zero-order valence-corrected chi connectivity index (χ0v) is 11.7. The molecule has 4 heteroatoms. The number of rotatable bonds is 4. The van der Waals surface area contributed by atoms with Crippen LogP contribution in [0, 0.1) is 0 Å². The Morgan fingerprint density at radius 1 is 1.37 bits per heavy atom. The standard InChI is InChI=1S/C15H19N3S/c16-11-14(15-4-2-10-19-15)18-9-1-3-13(18)12-5-7-17-8-6-12/h2,4-8,10,13-14H,1,3,9,11,16H2. The van der Waals surface area contributed by atoms with Crippen LogP contribution in [0.3, 0.4) is 0 Å². The number of nitrogens with zero attached hydrogens (tertiary/aromatic N) is 2. The van der Waals surface area contributed by atoms with Crippen molar-refractivity contribution >= 4 is 11.3 Å². The SMILES string of the molecule is NCC(c1cccs1)N1CCCC1c1ccncc1. The van der Waals surface area contributed by atoms with Crippen LogP contribution in [0.4, 0.5) is 0 Å². The fourth-order valence-corrected chi connectivity index (χ4v) is 3.86. The van der Waals surface area contributed by atoms with Crippen LogP contribution in [0.5, 0.6) is 0 Å². The molecule has 19 heavy (non-hydrogen) atoms. The van der Waals surface area contributed by atoms with Crippen LogP contribution in [0.2, 0.25) is 0 Å². The lowest BCUT2D eigenvalue weighted by molar-refractivity contribution is 0.188. The van der Waals surface area contributed by atoms with E-state index in [1.165, 1.54) is 23.3 Å². The lowest BCUT2D eigenvalue weighted by Gasteiger charge is -2.32. The number of aromatic nitrogens is 1. The van der Waals surface area contributed by atoms with Crippen LogP contribution >= 0.6 is 11.3 Å². The molecule has 0 bridgehead atoms. The van der Waals surface area contributed by atoms with E-state index in [9.17, 15) is 0 Å². The van der Waals surface area contributed by atoms with Gasteiger partial charge in [0.05, 0.1) is 6.04 Å². The van der Waals surface area contributed by atoms with Crippen LogP contribution in [-0.2, 0) is 0 Å². The van der Waals surface area contributed by atoms with E-state index < -0.39 is 0 Å². The maximum absolute atomic E-state index is 6.04. The molecule has 3 nitrogen and oxygen atoms in total. The molecule has 2 aromatic heterocycles. The van der Waals surface area contributed by atoms with Crippen LogP contribution in [-0.4, -0.2) is 23.0 Å². The van der Waals surface area contributed by atoms with Gasteiger partial charge < -0.3 is 5.73 Å². The van der Waals surface area contributed by atoms with Gasteiger partial charge in [-0.05, 0) is 48.5 Å². The van der Waals surface area contributed by atoms with Gasteiger partial charge in [0.15, 0.2) is 0 Å². The monoisotopic (exact) mass is 273 g/mol. The lowest BCUT2D eigenvalue weighted by Crippen LogP contribution is -2.32. The minimum absolute atomic E-state index is 0.348. The Kier molecular flexibility index (Phi) is 3.92. The van der Waals surface area contributed by atoms with E-state index in [1.54, 1.807) is 11.3 Å². The van der Waals surface area contributed by atoms with Crippen molar-refractivity contribution in [3.63, 3.8) is 0 Å². The number of hydrogen-bond acceptors (Lipinski definition) is 4. The third-order valence-electron chi connectivity index (χ3n) is 3.88. The molecule has 3 heterocycles. The van der Waals surface area contributed by atoms with Crippen molar-refractivity contribution in [1.29, 1.82) is 0 Å². The van der Waals surface area contributed by atoms with Crippen molar-refractivity contribution in [3.05, 3.63) is 52.5 Å². The van der Waals surface area contributed by atoms with Gasteiger partial charge in [0, 0.05) is 29.9 Å². The number of thiophene rings is 1. The fourth-order valence-electron chi connectivity index (χ4n) is 3.00. The Bertz CT molecular complexity index is 497. The summed E-state index contributed by atoms with van der Waals surface area (Å²) in [6.45, 7) is 1.81. The van der Waals surface area contributed by atoms with Gasteiger partial charge in [-0.15, -0.1) is 11.3 Å². The Hall–Kier alpha value is -1.23. The molecular weight excluding hydrogens is 254 g/mol. The van der Waals surface area contributed by atoms with Gasteiger partial charge in [-0.1, -0.05) is 6.07 Å². The number of pyridine rings is 1. The number of nitrogens with two attached hydrogens (primary N) is 1. The molecule has 0 aromatic carbocycles. The Labute approximate surface area is 118 Å². The quantitative estimate of drug-likeness (QED) is 0.931. The summed E-state index contributed by atoms with van der Waals surface area (Å²) in [5.41, 5.74) is 7.40. The van der Waals surface area contributed by atoms with Crippen LogP contribution in [0.15, 0.2) is 42.0 Å². The minimum Gasteiger partial charge on any atom is -0.329 e. The zero-order valence-electron chi connectivity index (χ0n) is 10.9. The predicted octanol–water partition coefficient (Wildman–Crippen LogP) is 2.98. The highest BCUT2D eigenvalue weighted by molar-refractivity contribution is 7.10. The van der Waals surface area contributed by atoms with Gasteiger partial charge in [0.25, 0.3) is 0 Å². The number of likely N-dealkylation sites (tertiary alicyclic amines) is 1. The molecule has 1 aliphatic heterocycles. The third-order valence-corrected chi connectivity index (χ3v) is 4.85. The van der Waals surface area contributed by atoms with E-state index in [0.717, 1.165) is 6.54 Å². The molecule has 1 saturated heterocycles. The van der Waals surface area contributed by atoms with Gasteiger partial charge in [0.1, 0.15) is 0 Å². The molecule has 2 unspecified atom stereocenters. The summed E-state index contributed by atoms with van der Waals surface area (Å²) in [7, 11) is 0. The largest absolute Gasteiger partial charge is 0.329 e. The Morgan fingerprint density at radius 3 is 2.89 bits per heavy atom. The third kappa shape index (κ3) is 2.56. The zero-order chi connectivity index (χ0) is 13.1. The molecule has 2 aromatic rings. The van der Waals surface area contributed by atoms with Gasteiger partial charge in [-0.25, -0.2) is 0 Å². The highest BCUT2D eigenvalue weighted by Gasteiger charge is 2.32. The lowest BCUT2D eigenvalue weighted by atomic mass is 10.0. The summed E-state index contributed by atoms with van der Waals surface area (Å²) in [5.74, 6) is 0. The second-order valence-electron chi connectivity index (χ2n) is 4.94. The molecule has 0 amide bonds. The molecule has 0 spiro atoms. The number of hydrogen-bond donors (Lipinski definition) is 1. The Balaban J connectivity index is 1.86. The van der Waals surface area contributed by atoms with E-state index in [1.807, 2.05) is 12.4 Å². The Morgan fingerprint density at radius 2 is 2.21 bits per heavy atom. The molecule has 0 radical (unpaired) electrons. The summed E-state index contributed by atoms with van der Waals surface area (Å²) >= 11 is 1.81. The molecule has 3 rings (SSSR count). The first-order valence-electron chi connectivity index (χ1n) is 6.79. The van der Waals surface area contributed by atoms with Crippen LogP contribution in [0.1, 0.15) is 35.4 Å². The predicted molar refractivity (Wildman–Crippen MR) is 79.0 cm³/mol. The van der Waals surface area contributed by atoms with E-state index in [0.29, 0.717) is 18.6 Å². The van der Waals surface area contributed by atoms with Crippen molar-refractivity contribution in [2.45, 2.75) is 24.9 Å². The first-order chi connectivity index (χ1) is 9.40. The first-order valence-corrected chi connectivity index (χ1v) is 7.67. The normalized spacial score (nSPS) is 21.6. The molecule has 2 atom stereocenters. The highest BCUT2D eigenvalue weighted by atomic mass is 32.1. The summed E-state index contributed by atoms with van der Waals surface area (Å²) in [6, 6.07) is 9.40. The highest BCUT2D eigenvalue weighted by Crippen LogP contribution is 2.39. The topological polar surface area (TPSA) is 42.1 Å². The molecule has 1 aliphatic rings. The summed E-state index contributed by atoms with van der Waals surface area (Å²) in [5, 5.41) is 2.13. The van der Waals surface area contributed by atoms with Gasteiger partial charge in [-0.2, -0.15) is 0 Å². The molecule has 0 saturated carbocycles.